The van der Waals surface area contributed by atoms with E-state index < -0.39 is 0 Å². The highest BCUT2D eigenvalue weighted by Crippen LogP contribution is 2.40. The number of hydrogen-bond donors (Lipinski definition) is 2. The summed E-state index contributed by atoms with van der Waals surface area (Å²) in [6, 6.07) is 7.88. The van der Waals surface area contributed by atoms with Crippen molar-refractivity contribution < 1.29 is 14.9 Å². The maximum Gasteiger partial charge on any atom is 0.230 e. The van der Waals surface area contributed by atoms with Crippen molar-refractivity contribution in [3.8, 4) is 11.6 Å². The fraction of sp³-hybridized carbons (Fsp3) is 0.444. The molecule has 0 aliphatic carbocycles. The smallest absolute Gasteiger partial charge is 0.230 e. The minimum absolute atomic E-state index is 0.0827. The standard InChI is InChI=1S/C18H23N5O3S/c1-26-14-4-2-13(3-5-14)15(22-8-6-21(7-9-22)10-11-24)16-17(25)23-18(27-16)19-12-20-23/h2-5,12,15,24-25H,6-11H2,1H3. The van der Waals surface area contributed by atoms with Gasteiger partial charge in [-0.1, -0.05) is 23.5 Å². The zero-order valence-corrected chi connectivity index (χ0v) is 16.0. The predicted octanol–water partition coefficient (Wildman–Crippen LogP) is 1.20. The first-order valence-corrected chi connectivity index (χ1v) is 9.75. The van der Waals surface area contributed by atoms with Gasteiger partial charge in [-0.05, 0) is 17.7 Å². The molecule has 2 N–H and O–H groups in total. The van der Waals surface area contributed by atoms with Crippen LogP contribution in [0.15, 0.2) is 30.6 Å². The quantitative estimate of drug-likeness (QED) is 0.655. The Morgan fingerprint density at radius 2 is 1.93 bits per heavy atom. The molecule has 0 amide bonds. The molecule has 0 bridgehead atoms. The number of rotatable bonds is 6. The molecule has 0 spiro atoms. The molecule has 1 saturated heterocycles. The summed E-state index contributed by atoms with van der Waals surface area (Å²) in [6.07, 6.45) is 1.45. The molecule has 9 heteroatoms. The summed E-state index contributed by atoms with van der Waals surface area (Å²) in [5.74, 6) is 0.947. The maximum absolute atomic E-state index is 10.8. The van der Waals surface area contributed by atoms with E-state index in [4.69, 9.17) is 4.74 Å². The van der Waals surface area contributed by atoms with Crippen LogP contribution in [-0.2, 0) is 0 Å². The van der Waals surface area contributed by atoms with E-state index in [2.05, 4.69) is 19.9 Å². The number of ether oxygens (including phenoxy) is 1. The Morgan fingerprint density at radius 1 is 1.19 bits per heavy atom. The van der Waals surface area contributed by atoms with Gasteiger partial charge in [0.05, 0.1) is 24.6 Å². The average Bonchev–Trinajstić information content (AvgIpc) is 3.28. The molecule has 0 radical (unpaired) electrons. The van der Waals surface area contributed by atoms with Crippen LogP contribution in [0.1, 0.15) is 16.5 Å². The molecular formula is C18H23N5O3S. The van der Waals surface area contributed by atoms with E-state index >= 15 is 0 Å². The number of benzene rings is 1. The van der Waals surface area contributed by atoms with Crippen LogP contribution in [0.5, 0.6) is 11.6 Å². The molecule has 1 aromatic carbocycles. The third-order valence-electron chi connectivity index (χ3n) is 5.01. The fourth-order valence-electron chi connectivity index (χ4n) is 3.57. The normalized spacial score (nSPS) is 17.4. The lowest BCUT2D eigenvalue weighted by atomic mass is 10.0. The molecule has 1 unspecified atom stereocenters. The molecule has 4 rings (SSSR count). The van der Waals surface area contributed by atoms with Crippen LogP contribution in [0.3, 0.4) is 0 Å². The number of aliphatic hydroxyl groups excluding tert-OH is 1. The number of nitrogens with zero attached hydrogens (tertiary/aromatic N) is 5. The van der Waals surface area contributed by atoms with Crippen molar-refractivity contribution in [1.29, 1.82) is 0 Å². The molecular weight excluding hydrogens is 366 g/mol. The van der Waals surface area contributed by atoms with Gasteiger partial charge in [-0.25, -0.2) is 4.98 Å². The van der Waals surface area contributed by atoms with Crippen molar-refractivity contribution in [2.45, 2.75) is 6.04 Å². The minimum Gasteiger partial charge on any atom is -0.497 e. The number of hydrogen-bond acceptors (Lipinski definition) is 8. The largest absolute Gasteiger partial charge is 0.497 e. The second-order valence-electron chi connectivity index (χ2n) is 6.52. The second-order valence-corrected chi connectivity index (χ2v) is 7.53. The first-order valence-electron chi connectivity index (χ1n) is 8.94. The molecule has 1 fully saturated rings. The van der Waals surface area contributed by atoms with Gasteiger partial charge < -0.3 is 14.9 Å². The van der Waals surface area contributed by atoms with E-state index in [1.165, 1.54) is 22.2 Å². The van der Waals surface area contributed by atoms with E-state index in [9.17, 15) is 10.2 Å². The Hall–Kier alpha value is -2.20. The van der Waals surface area contributed by atoms with Gasteiger partial charge in [0.15, 0.2) is 0 Å². The van der Waals surface area contributed by atoms with Crippen LogP contribution in [0.25, 0.3) is 4.96 Å². The van der Waals surface area contributed by atoms with Crippen molar-refractivity contribution in [1.82, 2.24) is 24.4 Å². The van der Waals surface area contributed by atoms with E-state index in [0.29, 0.717) is 11.5 Å². The molecule has 3 aromatic rings. The van der Waals surface area contributed by atoms with Crippen LogP contribution < -0.4 is 4.74 Å². The van der Waals surface area contributed by atoms with Crippen LogP contribution in [0, 0.1) is 0 Å². The van der Waals surface area contributed by atoms with Gasteiger partial charge in [-0.2, -0.15) is 9.61 Å². The van der Waals surface area contributed by atoms with Crippen molar-refractivity contribution in [3.63, 3.8) is 0 Å². The number of aliphatic hydroxyl groups is 1. The van der Waals surface area contributed by atoms with E-state index in [1.54, 1.807) is 7.11 Å². The lowest BCUT2D eigenvalue weighted by Crippen LogP contribution is -2.48. The molecule has 1 aliphatic rings. The summed E-state index contributed by atoms with van der Waals surface area (Å²) in [6.45, 7) is 4.34. The van der Waals surface area contributed by atoms with Gasteiger partial charge in [0, 0.05) is 32.7 Å². The first-order chi connectivity index (χ1) is 13.2. The number of thiazole rings is 1. The lowest BCUT2D eigenvalue weighted by molar-refractivity contribution is 0.0945. The number of methoxy groups -OCH3 is 1. The topological polar surface area (TPSA) is 86.4 Å². The Morgan fingerprint density at radius 3 is 2.56 bits per heavy atom. The lowest BCUT2D eigenvalue weighted by Gasteiger charge is -2.39. The van der Waals surface area contributed by atoms with Crippen LogP contribution in [0.4, 0.5) is 0 Å². The second kappa shape index (κ2) is 7.81. The minimum atomic E-state index is -0.0827. The zero-order chi connectivity index (χ0) is 18.8. The Balaban J connectivity index is 1.69. The molecule has 27 heavy (non-hydrogen) atoms. The van der Waals surface area contributed by atoms with Crippen LogP contribution in [0.2, 0.25) is 0 Å². The summed E-state index contributed by atoms with van der Waals surface area (Å²) in [5.41, 5.74) is 1.09. The molecule has 1 aliphatic heterocycles. The molecule has 3 heterocycles. The highest BCUT2D eigenvalue weighted by Gasteiger charge is 2.31. The summed E-state index contributed by atoms with van der Waals surface area (Å²) in [4.78, 5) is 10.4. The van der Waals surface area contributed by atoms with Crippen LogP contribution in [-0.4, -0.2) is 81.1 Å². The average molecular weight is 389 g/mol. The SMILES string of the molecule is COc1ccc(C(c2sc3ncnn3c2O)N2CCN(CCO)CC2)cc1. The summed E-state index contributed by atoms with van der Waals surface area (Å²) >= 11 is 1.46. The summed E-state index contributed by atoms with van der Waals surface area (Å²) in [7, 11) is 1.65. The predicted molar refractivity (Wildman–Crippen MR) is 102 cm³/mol. The van der Waals surface area contributed by atoms with Crippen molar-refractivity contribution in [2.24, 2.45) is 0 Å². The highest BCUT2D eigenvalue weighted by atomic mass is 32.1. The number of aromatic hydroxyl groups is 1. The maximum atomic E-state index is 10.8. The van der Waals surface area contributed by atoms with Crippen molar-refractivity contribution in [3.05, 3.63) is 41.0 Å². The van der Waals surface area contributed by atoms with Gasteiger partial charge in [-0.3, -0.25) is 9.80 Å². The fourth-order valence-corrected chi connectivity index (χ4v) is 4.66. The van der Waals surface area contributed by atoms with E-state index in [0.717, 1.165) is 42.4 Å². The van der Waals surface area contributed by atoms with Gasteiger partial charge in [0.25, 0.3) is 0 Å². The zero-order valence-electron chi connectivity index (χ0n) is 15.2. The van der Waals surface area contributed by atoms with Gasteiger partial charge in [0.1, 0.15) is 12.1 Å². The third kappa shape index (κ3) is 3.51. The molecule has 1 atom stereocenters. The van der Waals surface area contributed by atoms with Crippen molar-refractivity contribution >= 4 is 16.3 Å². The monoisotopic (exact) mass is 389 g/mol. The van der Waals surface area contributed by atoms with Crippen LogP contribution >= 0.6 is 11.3 Å². The van der Waals surface area contributed by atoms with Crippen molar-refractivity contribution in [2.75, 3.05) is 46.4 Å². The van der Waals surface area contributed by atoms with Gasteiger partial charge in [0.2, 0.25) is 10.8 Å². The number of aromatic nitrogens is 3. The Bertz CT molecular complexity index is 886. The van der Waals surface area contributed by atoms with Gasteiger partial charge in [-0.15, -0.1) is 0 Å². The molecule has 8 nitrogen and oxygen atoms in total. The van der Waals surface area contributed by atoms with E-state index in [-0.39, 0.29) is 18.5 Å². The molecule has 2 aromatic heterocycles. The van der Waals surface area contributed by atoms with Gasteiger partial charge >= 0.3 is 0 Å². The highest BCUT2D eigenvalue weighted by molar-refractivity contribution is 7.17. The summed E-state index contributed by atoms with van der Waals surface area (Å²) in [5, 5.41) is 24.0. The number of β-amino-alcohol motifs (C(OH)–C–C–N with tert-alkyl or cyclic N) is 1. The first kappa shape index (κ1) is 18.2. The Labute approximate surface area is 161 Å². The Kier molecular flexibility index (Phi) is 5.26. The number of piperazine rings is 1. The summed E-state index contributed by atoms with van der Waals surface area (Å²) < 4.78 is 6.77. The van der Waals surface area contributed by atoms with E-state index in [1.807, 2.05) is 24.3 Å². The molecule has 144 valence electrons. The third-order valence-corrected chi connectivity index (χ3v) is 6.09. The number of fused-ring (bicyclic) bond motifs is 1. The molecule has 0 saturated carbocycles.